The summed E-state index contributed by atoms with van der Waals surface area (Å²) in [6.45, 7) is 8.53. The minimum atomic E-state index is -0.389. The zero-order valence-electron chi connectivity index (χ0n) is 13.3. The van der Waals surface area contributed by atoms with Crippen molar-refractivity contribution in [3.05, 3.63) is 0 Å². The van der Waals surface area contributed by atoms with Gasteiger partial charge in [0.15, 0.2) is 0 Å². The number of carbonyl (C=O) groups excluding carboxylic acids is 2. The van der Waals surface area contributed by atoms with Crippen LogP contribution in [0.1, 0.15) is 47.0 Å². The summed E-state index contributed by atoms with van der Waals surface area (Å²) in [5, 5.41) is 2.88. The molecule has 0 aromatic rings. The van der Waals surface area contributed by atoms with Gasteiger partial charge in [-0.05, 0) is 25.7 Å². The summed E-state index contributed by atoms with van der Waals surface area (Å²) >= 11 is 0. The molecule has 0 spiro atoms. The number of hydrogen-bond acceptors (Lipinski definition) is 3. The molecule has 1 fully saturated rings. The lowest BCUT2D eigenvalue weighted by Gasteiger charge is -2.40. The van der Waals surface area contributed by atoms with E-state index >= 15 is 0 Å². The van der Waals surface area contributed by atoms with Crippen molar-refractivity contribution in [3.8, 4) is 0 Å². The lowest BCUT2D eigenvalue weighted by molar-refractivity contribution is -0.151. The van der Waals surface area contributed by atoms with Crippen molar-refractivity contribution < 1.29 is 14.3 Å². The van der Waals surface area contributed by atoms with Gasteiger partial charge in [0, 0.05) is 13.7 Å². The number of rotatable bonds is 7. The number of methoxy groups -OCH3 is 1. The van der Waals surface area contributed by atoms with Crippen LogP contribution < -0.4 is 5.32 Å². The number of nitrogens with one attached hydrogen (secondary N) is 1. The highest BCUT2D eigenvalue weighted by Gasteiger charge is 2.40. The van der Waals surface area contributed by atoms with Crippen molar-refractivity contribution >= 4 is 11.8 Å². The number of amides is 2. The standard InChI is InChI=1S/C15H28N2O3/c1-6-7-13-14(18)16-12(8-10(2)3)15(19)17(13)9-11(4)20-5/h10-13H,6-9H2,1-5H3,(H,16,18). The highest BCUT2D eigenvalue weighted by Crippen LogP contribution is 2.19. The summed E-state index contributed by atoms with van der Waals surface area (Å²) < 4.78 is 5.25. The third kappa shape index (κ3) is 4.20. The van der Waals surface area contributed by atoms with Gasteiger partial charge in [0.05, 0.1) is 6.10 Å². The van der Waals surface area contributed by atoms with Crippen molar-refractivity contribution in [2.75, 3.05) is 13.7 Å². The third-order valence-electron chi connectivity index (χ3n) is 3.70. The molecule has 20 heavy (non-hydrogen) atoms. The molecule has 3 unspecified atom stereocenters. The Hall–Kier alpha value is -1.10. The number of nitrogens with zero attached hydrogens (tertiary/aromatic N) is 1. The summed E-state index contributed by atoms with van der Waals surface area (Å²) in [5.41, 5.74) is 0. The summed E-state index contributed by atoms with van der Waals surface area (Å²) in [5.74, 6) is 0.370. The molecule has 0 aliphatic carbocycles. The van der Waals surface area contributed by atoms with Crippen LogP contribution in [0.4, 0.5) is 0 Å². The molecule has 0 bridgehead atoms. The molecule has 0 saturated carbocycles. The van der Waals surface area contributed by atoms with Gasteiger partial charge in [0.2, 0.25) is 11.8 Å². The first-order valence-corrected chi connectivity index (χ1v) is 7.54. The fraction of sp³-hybridized carbons (Fsp3) is 0.867. The second-order valence-corrected chi connectivity index (χ2v) is 6.03. The van der Waals surface area contributed by atoms with Crippen molar-refractivity contribution in [2.24, 2.45) is 5.92 Å². The first-order valence-electron chi connectivity index (χ1n) is 7.54. The van der Waals surface area contributed by atoms with Crippen molar-refractivity contribution in [3.63, 3.8) is 0 Å². The zero-order valence-corrected chi connectivity index (χ0v) is 13.3. The second-order valence-electron chi connectivity index (χ2n) is 6.03. The van der Waals surface area contributed by atoms with Gasteiger partial charge in [-0.25, -0.2) is 0 Å². The van der Waals surface area contributed by atoms with Gasteiger partial charge in [0.1, 0.15) is 12.1 Å². The van der Waals surface area contributed by atoms with E-state index in [1.165, 1.54) is 0 Å². The van der Waals surface area contributed by atoms with Crippen molar-refractivity contribution in [1.29, 1.82) is 0 Å². The maximum atomic E-state index is 12.6. The monoisotopic (exact) mass is 284 g/mol. The van der Waals surface area contributed by atoms with E-state index in [2.05, 4.69) is 19.2 Å². The molecule has 1 heterocycles. The van der Waals surface area contributed by atoms with Gasteiger partial charge in [0.25, 0.3) is 0 Å². The Balaban J connectivity index is 2.88. The Morgan fingerprint density at radius 2 is 1.95 bits per heavy atom. The topological polar surface area (TPSA) is 58.6 Å². The summed E-state index contributed by atoms with van der Waals surface area (Å²) in [6, 6.07) is -0.742. The van der Waals surface area contributed by atoms with Crippen LogP contribution in [0.2, 0.25) is 0 Å². The number of carbonyl (C=O) groups is 2. The Morgan fingerprint density at radius 1 is 1.30 bits per heavy atom. The maximum Gasteiger partial charge on any atom is 0.245 e. The predicted octanol–water partition coefficient (Wildman–Crippen LogP) is 1.56. The van der Waals surface area contributed by atoms with Gasteiger partial charge >= 0.3 is 0 Å². The van der Waals surface area contributed by atoms with Crippen LogP contribution in [0.15, 0.2) is 0 Å². The quantitative estimate of drug-likeness (QED) is 0.772. The molecule has 5 heteroatoms. The Morgan fingerprint density at radius 3 is 2.45 bits per heavy atom. The molecule has 1 aliphatic rings. The Labute approximate surface area is 122 Å². The number of piperazine rings is 1. The first kappa shape index (κ1) is 17.0. The summed E-state index contributed by atoms with van der Waals surface area (Å²) in [4.78, 5) is 26.6. The van der Waals surface area contributed by atoms with E-state index < -0.39 is 0 Å². The van der Waals surface area contributed by atoms with E-state index in [0.717, 1.165) is 6.42 Å². The molecule has 1 rings (SSSR count). The molecular weight excluding hydrogens is 256 g/mol. The van der Waals surface area contributed by atoms with E-state index in [0.29, 0.717) is 25.3 Å². The van der Waals surface area contributed by atoms with E-state index in [9.17, 15) is 9.59 Å². The zero-order chi connectivity index (χ0) is 15.3. The van der Waals surface area contributed by atoms with Gasteiger partial charge in [-0.1, -0.05) is 27.2 Å². The number of hydrogen-bond donors (Lipinski definition) is 1. The molecule has 5 nitrogen and oxygen atoms in total. The van der Waals surface area contributed by atoms with Crippen LogP contribution in [0.25, 0.3) is 0 Å². The highest BCUT2D eigenvalue weighted by atomic mass is 16.5. The summed E-state index contributed by atoms with van der Waals surface area (Å²) in [6.07, 6.45) is 2.19. The van der Waals surface area contributed by atoms with Gasteiger partial charge in [-0.2, -0.15) is 0 Å². The van der Waals surface area contributed by atoms with Crippen LogP contribution in [0.3, 0.4) is 0 Å². The molecule has 0 radical (unpaired) electrons. The van der Waals surface area contributed by atoms with E-state index in [1.54, 1.807) is 12.0 Å². The lowest BCUT2D eigenvalue weighted by atomic mass is 9.96. The smallest absolute Gasteiger partial charge is 0.245 e. The van der Waals surface area contributed by atoms with Crippen molar-refractivity contribution in [2.45, 2.75) is 65.1 Å². The van der Waals surface area contributed by atoms with E-state index in [-0.39, 0.29) is 30.0 Å². The Bertz CT molecular complexity index is 344. The van der Waals surface area contributed by atoms with E-state index in [1.807, 2.05) is 13.8 Å². The average Bonchev–Trinajstić information content (AvgIpc) is 2.38. The normalized spacial score (nSPS) is 25.0. The van der Waals surface area contributed by atoms with Crippen LogP contribution in [0.5, 0.6) is 0 Å². The van der Waals surface area contributed by atoms with Crippen LogP contribution in [-0.2, 0) is 14.3 Å². The molecule has 1 N–H and O–H groups in total. The van der Waals surface area contributed by atoms with E-state index in [4.69, 9.17) is 4.74 Å². The third-order valence-corrected chi connectivity index (χ3v) is 3.70. The fourth-order valence-electron chi connectivity index (χ4n) is 2.59. The lowest BCUT2D eigenvalue weighted by Crippen LogP contribution is -2.64. The second kappa shape index (κ2) is 7.62. The van der Waals surface area contributed by atoms with Gasteiger partial charge in [-0.15, -0.1) is 0 Å². The first-order chi connectivity index (χ1) is 9.40. The fourth-order valence-corrected chi connectivity index (χ4v) is 2.59. The maximum absolute atomic E-state index is 12.6. The van der Waals surface area contributed by atoms with Crippen LogP contribution >= 0.6 is 0 Å². The Kier molecular flexibility index (Phi) is 6.46. The SMILES string of the molecule is CCCC1C(=O)NC(CC(C)C)C(=O)N1CC(C)OC. The van der Waals surface area contributed by atoms with Crippen molar-refractivity contribution in [1.82, 2.24) is 10.2 Å². The van der Waals surface area contributed by atoms with Crippen LogP contribution in [0, 0.1) is 5.92 Å². The largest absolute Gasteiger partial charge is 0.380 e. The predicted molar refractivity (Wildman–Crippen MR) is 78.3 cm³/mol. The minimum absolute atomic E-state index is 0.0274. The summed E-state index contributed by atoms with van der Waals surface area (Å²) in [7, 11) is 1.62. The molecular formula is C15H28N2O3. The molecule has 2 amide bonds. The van der Waals surface area contributed by atoms with Gasteiger partial charge in [-0.3, -0.25) is 9.59 Å². The molecule has 1 aliphatic heterocycles. The number of ether oxygens (including phenoxy) is 1. The molecule has 0 aromatic carbocycles. The molecule has 3 atom stereocenters. The molecule has 1 saturated heterocycles. The molecule has 0 aromatic heterocycles. The average molecular weight is 284 g/mol. The van der Waals surface area contributed by atoms with Crippen LogP contribution in [-0.4, -0.2) is 48.6 Å². The van der Waals surface area contributed by atoms with Gasteiger partial charge < -0.3 is 15.0 Å². The highest BCUT2D eigenvalue weighted by molar-refractivity contribution is 5.97. The minimum Gasteiger partial charge on any atom is -0.380 e. The molecule has 116 valence electrons.